The molecule has 49 heavy (non-hydrogen) atoms. The summed E-state index contributed by atoms with van der Waals surface area (Å²) in [5.74, 6) is -0.781. The molecule has 1 N–H and O–H groups in total. The standard InChI is InChI=1S/C47H80O2/c1-3-5-7-9-11-13-15-17-19-21-23-25-27-29-31-33-36-42-38-35-39-43-41-46(47(48)49)44(40-45(42)43)37-34-32-30-28-26-24-22-20-18-16-14-12-10-8-6-4-2/h35,38-41H,3-34,36-37H2,1-2H3,(H,48,49). The monoisotopic (exact) mass is 677 g/mol. The van der Waals surface area contributed by atoms with Gasteiger partial charge in [-0.1, -0.05) is 231 Å². The zero-order chi connectivity index (χ0) is 35.0. The van der Waals surface area contributed by atoms with Gasteiger partial charge in [0.15, 0.2) is 0 Å². The first-order chi connectivity index (χ1) is 24.2. The third-order valence-corrected chi connectivity index (χ3v) is 11.0. The highest BCUT2D eigenvalue weighted by Crippen LogP contribution is 2.27. The molecule has 0 heterocycles. The van der Waals surface area contributed by atoms with Gasteiger partial charge in [0.2, 0.25) is 0 Å². The molecule has 2 aromatic carbocycles. The Balaban J connectivity index is 1.58. The highest BCUT2D eigenvalue weighted by molar-refractivity contribution is 5.97. The fourth-order valence-corrected chi connectivity index (χ4v) is 7.79. The highest BCUT2D eigenvalue weighted by atomic mass is 16.4. The lowest BCUT2D eigenvalue weighted by molar-refractivity contribution is 0.0695. The molecule has 280 valence electrons. The number of benzene rings is 2. The van der Waals surface area contributed by atoms with Crippen molar-refractivity contribution in [2.24, 2.45) is 0 Å². The van der Waals surface area contributed by atoms with Gasteiger partial charge in [-0.3, -0.25) is 0 Å². The molecular weight excluding hydrogens is 597 g/mol. The van der Waals surface area contributed by atoms with Gasteiger partial charge in [-0.05, 0) is 53.6 Å². The first-order valence-corrected chi connectivity index (χ1v) is 21.9. The SMILES string of the molecule is CCCCCCCCCCCCCCCCCCc1cc2c(CCCCCCCCCCCCCCCCCC)cccc2cc1C(=O)O. The van der Waals surface area contributed by atoms with Gasteiger partial charge >= 0.3 is 5.97 Å². The van der Waals surface area contributed by atoms with Gasteiger partial charge in [0, 0.05) is 0 Å². The summed E-state index contributed by atoms with van der Waals surface area (Å²) in [6.07, 6.45) is 46.1. The summed E-state index contributed by atoms with van der Waals surface area (Å²) >= 11 is 0. The smallest absolute Gasteiger partial charge is 0.335 e. The molecule has 0 spiro atoms. The Morgan fingerprint density at radius 2 is 0.755 bits per heavy atom. The highest BCUT2D eigenvalue weighted by Gasteiger charge is 2.13. The molecule has 2 rings (SSSR count). The molecule has 0 saturated heterocycles. The van der Waals surface area contributed by atoms with Crippen molar-refractivity contribution in [2.75, 3.05) is 0 Å². The first-order valence-electron chi connectivity index (χ1n) is 21.9. The molecule has 2 nitrogen and oxygen atoms in total. The maximum atomic E-state index is 12.2. The van der Waals surface area contributed by atoms with E-state index in [-0.39, 0.29) is 0 Å². The summed E-state index contributed by atoms with van der Waals surface area (Å²) in [5.41, 5.74) is 2.94. The molecule has 2 aromatic rings. The maximum absolute atomic E-state index is 12.2. The van der Waals surface area contributed by atoms with Crippen LogP contribution in [0, 0.1) is 0 Å². The number of aromatic carboxylic acids is 1. The summed E-state index contributed by atoms with van der Waals surface area (Å²) < 4.78 is 0. The Hall–Kier alpha value is -1.83. The minimum atomic E-state index is -0.781. The van der Waals surface area contributed by atoms with Gasteiger partial charge in [0.25, 0.3) is 0 Å². The number of unbranched alkanes of at least 4 members (excludes halogenated alkanes) is 30. The van der Waals surface area contributed by atoms with Crippen LogP contribution in [0.1, 0.15) is 241 Å². The van der Waals surface area contributed by atoms with Gasteiger partial charge in [0.1, 0.15) is 0 Å². The van der Waals surface area contributed by atoms with E-state index in [1.165, 1.54) is 210 Å². The van der Waals surface area contributed by atoms with Crippen LogP contribution in [-0.4, -0.2) is 11.1 Å². The van der Waals surface area contributed by atoms with E-state index in [4.69, 9.17) is 0 Å². The van der Waals surface area contributed by atoms with Crippen LogP contribution in [0.15, 0.2) is 30.3 Å². The lowest BCUT2D eigenvalue weighted by atomic mass is 9.92. The zero-order valence-corrected chi connectivity index (χ0v) is 32.8. The van der Waals surface area contributed by atoms with Crippen LogP contribution in [0.4, 0.5) is 0 Å². The van der Waals surface area contributed by atoms with Crippen molar-refractivity contribution in [3.8, 4) is 0 Å². The van der Waals surface area contributed by atoms with Crippen molar-refractivity contribution in [2.45, 2.75) is 232 Å². The van der Waals surface area contributed by atoms with E-state index in [9.17, 15) is 9.90 Å². The first kappa shape index (κ1) is 43.3. The summed E-state index contributed by atoms with van der Waals surface area (Å²) in [4.78, 5) is 12.2. The molecule has 0 saturated carbocycles. The van der Waals surface area contributed by atoms with Crippen molar-refractivity contribution in [1.29, 1.82) is 0 Å². The van der Waals surface area contributed by atoms with Crippen molar-refractivity contribution in [3.05, 3.63) is 47.0 Å². The van der Waals surface area contributed by atoms with E-state index in [0.717, 1.165) is 30.2 Å². The van der Waals surface area contributed by atoms with Crippen LogP contribution < -0.4 is 0 Å². The minimum Gasteiger partial charge on any atom is -0.478 e. The summed E-state index contributed by atoms with van der Waals surface area (Å²) in [6.45, 7) is 4.59. The number of fused-ring (bicyclic) bond motifs is 1. The quantitative estimate of drug-likeness (QED) is 0.0738. The predicted molar refractivity (Wildman–Crippen MR) is 217 cm³/mol. The number of carboxylic acids is 1. The summed E-state index contributed by atoms with van der Waals surface area (Å²) in [6, 6.07) is 10.6. The average Bonchev–Trinajstić information content (AvgIpc) is 3.11. The average molecular weight is 677 g/mol. The summed E-state index contributed by atoms with van der Waals surface area (Å²) in [7, 11) is 0. The minimum absolute atomic E-state index is 0.507. The Morgan fingerprint density at radius 3 is 1.10 bits per heavy atom. The number of carbonyl (C=O) groups is 1. The second kappa shape index (κ2) is 30.9. The molecule has 0 radical (unpaired) electrons. The number of hydrogen-bond acceptors (Lipinski definition) is 1. The number of aryl methyl sites for hydroxylation is 2. The van der Waals surface area contributed by atoms with Crippen LogP contribution in [0.5, 0.6) is 0 Å². The molecule has 0 fully saturated rings. The topological polar surface area (TPSA) is 37.3 Å². The van der Waals surface area contributed by atoms with E-state index in [2.05, 4.69) is 38.1 Å². The zero-order valence-electron chi connectivity index (χ0n) is 32.8. The van der Waals surface area contributed by atoms with Crippen molar-refractivity contribution < 1.29 is 9.90 Å². The van der Waals surface area contributed by atoms with Crippen molar-refractivity contribution >= 4 is 16.7 Å². The van der Waals surface area contributed by atoms with Gasteiger partial charge in [-0.25, -0.2) is 4.79 Å². The lowest BCUT2D eigenvalue weighted by Gasteiger charge is -2.12. The van der Waals surface area contributed by atoms with E-state index in [0.29, 0.717) is 5.56 Å². The van der Waals surface area contributed by atoms with Gasteiger partial charge < -0.3 is 5.11 Å². The fourth-order valence-electron chi connectivity index (χ4n) is 7.79. The molecule has 0 amide bonds. The van der Waals surface area contributed by atoms with E-state index < -0.39 is 5.97 Å². The van der Waals surface area contributed by atoms with Crippen LogP contribution in [-0.2, 0) is 12.8 Å². The molecule has 2 heteroatoms. The maximum Gasteiger partial charge on any atom is 0.335 e. The summed E-state index contributed by atoms with van der Waals surface area (Å²) in [5, 5.41) is 12.4. The second-order valence-electron chi connectivity index (χ2n) is 15.6. The van der Waals surface area contributed by atoms with Crippen molar-refractivity contribution in [1.82, 2.24) is 0 Å². The molecule has 0 bridgehead atoms. The number of carboxylic acid groups (broad SMARTS) is 1. The van der Waals surface area contributed by atoms with Crippen molar-refractivity contribution in [3.63, 3.8) is 0 Å². The fraction of sp³-hybridized carbons (Fsp3) is 0.766. The van der Waals surface area contributed by atoms with E-state index in [1.807, 2.05) is 6.07 Å². The van der Waals surface area contributed by atoms with Crippen LogP contribution >= 0.6 is 0 Å². The lowest BCUT2D eigenvalue weighted by Crippen LogP contribution is -2.03. The molecule has 0 aliphatic carbocycles. The van der Waals surface area contributed by atoms with E-state index in [1.54, 1.807) is 0 Å². The molecule has 0 aliphatic rings. The van der Waals surface area contributed by atoms with Gasteiger partial charge in [0.05, 0.1) is 5.56 Å². The Bertz CT molecular complexity index is 1060. The number of rotatable bonds is 35. The van der Waals surface area contributed by atoms with Gasteiger partial charge in [-0.2, -0.15) is 0 Å². The predicted octanol–water partition coefficient (Wildman–Crippen LogP) is 16.1. The van der Waals surface area contributed by atoms with E-state index >= 15 is 0 Å². The Labute approximate surface area is 305 Å². The molecule has 0 unspecified atom stereocenters. The van der Waals surface area contributed by atoms with Gasteiger partial charge in [-0.15, -0.1) is 0 Å². The van der Waals surface area contributed by atoms with Crippen LogP contribution in [0.25, 0.3) is 10.8 Å². The molecule has 0 aliphatic heterocycles. The Morgan fingerprint density at radius 1 is 0.429 bits per heavy atom. The largest absolute Gasteiger partial charge is 0.478 e. The molecule has 0 atom stereocenters. The third-order valence-electron chi connectivity index (χ3n) is 11.0. The third kappa shape index (κ3) is 21.9. The Kier molecular flexibility index (Phi) is 27.4. The second-order valence-corrected chi connectivity index (χ2v) is 15.6. The normalized spacial score (nSPS) is 11.6. The molecule has 0 aromatic heterocycles. The number of hydrogen-bond donors (Lipinski definition) is 1. The molecular formula is C47H80O2. The van der Waals surface area contributed by atoms with Crippen LogP contribution in [0.2, 0.25) is 0 Å². The van der Waals surface area contributed by atoms with Crippen LogP contribution in [0.3, 0.4) is 0 Å².